The zero-order valence-corrected chi connectivity index (χ0v) is 21.4. The van der Waals surface area contributed by atoms with E-state index < -0.39 is 11.5 Å². The topological polar surface area (TPSA) is 38.8 Å². The molecular formula is C32H34FNO3. The van der Waals surface area contributed by atoms with E-state index in [9.17, 15) is 9.18 Å². The molecule has 3 aromatic rings. The summed E-state index contributed by atoms with van der Waals surface area (Å²) < 4.78 is 26.2. The highest BCUT2D eigenvalue weighted by Gasteiger charge is 2.46. The van der Waals surface area contributed by atoms with E-state index in [1.165, 1.54) is 50.0 Å². The maximum absolute atomic E-state index is 14.2. The van der Waals surface area contributed by atoms with Gasteiger partial charge in [0.25, 0.3) is 0 Å². The third kappa shape index (κ3) is 5.47. The molecule has 3 aromatic carbocycles. The van der Waals surface area contributed by atoms with Gasteiger partial charge in [0.2, 0.25) is 0 Å². The summed E-state index contributed by atoms with van der Waals surface area (Å²) >= 11 is 0. The molecule has 2 aliphatic rings. The summed E-state index contributed by atoms with van der Waals surface area (Å²) in [7, 11) is 1.61. The minimum Gasteiger partial charge on any atom is -0.497 e. The number of halogens is 1. The first kappa shape index (κ1) is 25.2. The van der Waals surface area contributed by atoms with Crippen molar-refractivity contribution >= 4 is 12.4 Å². The van der Waals surface area contributed by atoms with Crippen molar-refractivity contribution in [3.8, 4) is 11.5 Å². The zero-order chi connectivity index (χ0) is 25.7. The Kier molecular flexibility index (Phi) is 7.71. The number of hydrogen-bond donors (Lipinski definition) is 0. The Labute approximate surface area is 218 Å². The first-order valence-corrected chi connectivity index (χ1v) is 13.2. The second-order valence-electron chi connectivity index (χ2n) is 10.0. The number of rotatable bonds is 9. The van der Waals surface area contributed by atoms with E-state index in [0.29, 0.717) is 17.1 Å². The third-order valence-electron chi connectivity index (χ3n) is 7.59. The number of fused-ring (bicyclic) bond motifs is 1. The zero-order valence-electron chi connectivity index (χ0n) is 21.4. The lowest BCUT2D eigenvalue weighted by Gasteiger charge is -2.39. The fraction of sp³-hybridized carbons (Fsp3) is 0.344. The molecule has 0 N–H and O–H groups in total. The highest BCUT2D eigenvalue weighted by atomic mass is 19.1. The average molecular weight is 500 g/mol. The van der Waals surface area contributed by atoms with Crippen LogP contribution in [0.1, 0.15) is 53.9 Å². The summed E-state index contributed by atoms with van der Waals surface area (Å²) in [6.45, 7) is 3.57. The second-order valence-corrected chi connectivity index (χ2v) is 10.0. The highest BCUT2D eigenvalue weighted by Crippen LogP contribution is 2.46. The first-order valence-electron chi connectivity index (χ1n) is 13.2. The molecule has 192 valence electrons. The van der Waals surface area contributed by atoms with Crippen molar-refractivity contribution in [1.82, 2.24) is 4.90 Å². The Hall–Kier alpha value is -3.44. The number of nitrogens with zero attached hydrogens (tertiary/aromatic N) is 1. The number of hydrogen-bond acceptors (Lipinski definition) is 4. The summed E-state index contributed by atoms with van der Waals surface area (Å²) in [6.07, 6.45) is 10.8. The van der Waals surface area contributed by atoms with Crippen LogP contribution in [0, 0.1) is 5.82 Å². The van der Waals surface area contributed by atoms with Gasteiger partial charge in [-0.3, -0.25) is 4.79 Å². The number of aldehydes is 1. The van der Waals surface area contributed by atoms with Gasteiger partial charge in [0.1, 0.15) is 17.3 Å². The fourth-order valence-corrected chi connectivity index (χ4v) is 5.62. The van der Waals surface area contributed by atoms with Crippen molar-refractivity contribution in [2.45, 2.75) is 43.6 Å². The standard InChI is InChI=1S/C32H34FNO3/c1-36-29-15-17-31-26(22-29)12-16-30(25-8-5-9-27(33)21-25)32(31,23-35)37-28-13-10-24(11-14-28)7-6-20-34-18-3-2-4-19-34/h5,8-17,21-23,30H,2-4,6-7,18-20H2,1H3. The summed E-state index contributed by atoms with van der Waals surface area (Å²) in [5.74, 6) is 0.456. The number of carbonyl (C=O) groups is 1. The molecule has 1 fully saturated rings. The Morgan fingerprint density at radius 2 is 1.78 bits per heavy atom. The molecule has 0 spiro atoms. The summed E-state index contributed by atoms with van der Waals surface area (Å²) in [4.78, 5) is 15.5. The molecule has 1 heterocycles. The molecule has 1 saturated heterocycles. The normalized spacial score (nSPS) is 21.3. The van der Waals surface area contributed by atoms with Gasteiger partial charge in [0, 0.05) is 5.56 Å². The molecule has 0 saturated carbocycles. The molecule has 4 nitrogen and oxygen atoms in total. The predicted octanol–water partition coefficient (Wildman–Crippen LogP) is 6.54. The molecule has 2 atom stereocenters. The number of aryl methyl sites for hydroxylation is 1. The van der Waals surface area contributed by atoms with E-state index in [0.717, 1.165) is 36.8 Å². The maximum Gasteiger partial charge on any atom is 0.199 e. The lowest BCUT2D eigenvalue weighted by Crippen LogP contribution is -2.42. The maximum atomic E-state index is 14.2. The van der Waals surface area contributed by atoms with Gasteiger partial charge in [-0.05, 0) is 98.4 Å². The molecule has 0 bridgehead atoms. The highest BCUT2D eigenvalue weighted by molar-refractivity contribution is 5.78. The van der Waals surface area contributed by atoms with Gasteiger partial charge in [-0.1, -0.05) is 48.9 Å². The van der Waals surface area contributed by atoms with Crippen LogP contribution in [0.25, 0.3) is 6.08 Å². The SMILES string of the molecule is COc1ccc2c(c1)C=CC(c1cccc(F)c1)C2(C=O)Oc1ccc(CCCN2CCCCC2)cc1. The lowest BCUT2D eigenvalue weighted by atomic mass is 9.72. The number of ether oxygens (including phenoxy) is 2. The van der Waals surface area contributed by atoms with E-state index in [1.54, 1.807) is 13.2 Å². The van der Waals surface area contributed by atoms with E-state index in [-0.39, 0.29) is 5.82 Å². The number of benzene rings is 3. The van der Waals surface area contributed by atoms with E-state index in [2.05, 4.69) is 17.0 Å². The molecule has 1 aliphatic carbocycles. The van der Waals surface area contributed by atoms with Crippen molar-refractivity contribution < 1.29 is 18.7 Å². The molecule has 5 rings (SSSR count). The average Bonchev–Trinajstić information content (AvgIpc) is 2.94. The van der Waals surface area contributed by atoms with Crippen LogP contribution in [0.3, 0.4) is 0 Å². The second kappa shape index (κ2) is 11.3. The fourth-order valence-electron chi connectivity index (χ4n) is 5.62. The summed E-state index contributed by atoms with van der Waals surface area (Å²) in [5, 5.41) is 0. The van der Waals surface area contributed by atoms with Crippen LogP contribution in [0.5, 0.6) is 11.5 Å². The van der Waals surface area contributed by atoms with Crippen LogP contribution in [-0.2, 0) is 16.8 Å². The van der Waals surface area contributed by atoms with Crippen LogP contribution in [0.15, 0.2) is 72.8 Å². The van der Waals surface area contributed by atoms with E-state index in [1.807, 2.05) is 48.6 Å². The summed E-state index contributed by atoms with van der Waals surface area (Å²) in [5.41, 5.74) is 2.15. The van der Waals surface area contributed by atoms with Crippen LogP contribution in [0.4, 0.5) is 4.39 Å². The molecular weight excluding hydrogens is 465 g/mol. The molecule has 37 heavy (non-hydrogen) atoms. The molecule has 2 unspecified atom stereocenters. The van der Waals surface area contributed by atoms with E-state index >= 15 is 0 Å². The van der Waals surface area contributed by atoms with Crippen molar-refractivity contribution in [2.24, 2.45) is 0 Å². The van der Waals surface area contributed by atoms with Gasteiger partial charge in [0.05, 0.1) is 13.0 Å². The molecule has 0 amide bonds. The van der Waals surface area contributed by atoms with Gasteiger partial charge in [-0.15, -0.1) is 0 Å². The minimum atomic E-state index is -1.35. The lowest BCUT2D eigenvalue weighted by molar-refractivity contribution is -0.123. The van der Waals surface area contributed by atoms with Crippen LogP contribution in [0.2, 0.25) is 0 Å². The molecule has 5 heteroatoms. The smallest absolute Gasteiger partial charge is 0.199 e. The monoisotopic (exact) mass is 499 g/mol. The van der Waals surface area contributed by atoms with Gasteiger partial charge in [-0.25, -0.2) is 4.39 Å². The minimum absolute atomic E-state index is 0.347. The van der Waals surface area contributed by atoms with Crippen molar-refractivity contribution in [3.63, 3.8) is 0 Å². The van der Waals surface area contributed by atoms with Gasteiger partial charge in [-0.2, -0.15) is 0 Å². The van der Waals surface area contributed by atoms with E-state index in [4.69, 9.17) is 9.47 Å². The van der Waals surface area contributed by atoms with Crippen molar-refractivity contribution in [3.05, 3.63) is 101 Å². The number of piperidine rings is 1. The van der Waals surface area contributed by atoms with Crippen molar-refractivity contribution in [2.75, 3.05) is 26.7 Å². The molecule has 0 radical (unpaired) electrons. The van der Waals surface area contributed by atoms with Gasteiger partial charge >= 0.3 is 0 Å². The number of likely N-dealkylation sites (tertiary alicyclic amines) is 1. The third-order valence-corrected chi connectivity index (χ3v) is 7.59. The number of carbonyl (C=O) groups excluding carboxylic acids is 1. The van der Waals surface area contributed by atoms with Crippen molar-refractivity contribution in [1.29, 1.82) is 0 Å². The predicted molar refractivity (Wildman–Crippen MR) is 145 cm³/mol. The quantitative estimate of drug-likeness (QED) is 0.314. The largest absolute Gasteiger partial charge is 0.497 e. The Morgan fingerprint density at radius 3 is 2.51 bits per heavy atom. The van der Waals surface area contributed by atoms with Gasteiger partial charge < -0.3 is 14.4 Å². The van der Waals surface area contributed by atoms with Crippen LogP contribution >= 0.6 is 0 Å². The summed E-state index contributed by atoms with van der Waals surface area (Å²) in [6, 6.07) is 20.0. The Bertz CT molecular complexity index is 1250. The first-order chi connectivity index (χ1) is 18.1. The van der Waals surface area contributed by atoms with Gasteiger partial charge in [0.15, 0.2) is 11.9 Å². The van der Waals surface area contributed by atoms with Crippen LogP contribution in [-0.4, -0.2) is 37.9 Å². The Balaban J connectivity index is 1.40. The Morgan fingerprint density at radius 1 is 1.00 bits per heavy atom. The van der Waals surface area contributed by atoms with Crippen LogP contribution < -0.4 is 9.47 Å². The molecule has 1 aliphatic heterocycles. The number of methoxy groups -OCH3 is 1. The molecule has 0 aromatic heterocycles.